The van der Waals surface area contributed by atoms with Crippen molar-refractivity contribution in [3.63, 3.8) is 0 Å². The predicted molar refractivity (Wildman–Crippen MR) is 93.8 cm³/mol. The molecule has 0 bridgehead atoms. The highest BCUT2D eigenvalue weighted by atomic mass is 16.5. The fourth-order valence-electron chi connectivity index (χ4n) is 2.71. The van der Waals surface area contributed by atoms with Crippen molar-refractivity contribution in [1.29, 1.82) is 0 Å². The van der Waals surface area contributed by atoms with Gasteiger partial charge in [-0.15, -0.1) is 0 Å². The van der Waals surface area contributed by atoms with E-state index >= 15 is 0 Å². The van der Waals surface area contributed by atoms with Crippen LogP contribution in [0.5, 0.6) is 5.88 Å². The molecule has 5 heteroatoms. The number of fused-ring (bicyclic) bond motifs is 1. The predicted octanol–water partition coefficient (Wildman–Crippen LogP) is 4.00. The molecular formula is C19H16N4O. The Hall–Kier alpha value is -3.21. The minimum Gasteiger partial charge on any atom is -0.481 e. The van der Waals surface area contributed by atoms with Gasteiger partial charge < -0.3 is 9.72 Å². The topological polar surface area (TPSA) is 63.7 Å². The Bertz CT molecular complexity index is 1010. The van der Waals surface area contributed by atoms with Gasteiger partial charge in [-0.25, -0.2) is 15.0 Å². The van der Waals surface area contributed by atoms with Crippen LogP contribution in [0.3, 0.4) is 0 Å². The number of benzene rings is 1. The molecule has 118 valence electrons. The first-order valence-electron chi connectivity index (χ1n) is 7.67. The molecule has 0 saturated carbocycles. The van der Waals surface area contributed by atoms with Gasteiger partial charge in [-0.3, -0.25) is 0 Å². The fourth-order valence-corrected chi connectivity index (χ4v) is 2.71. The number of methoxy groups -OCH3 is 1. The van der Waals surface area contributed by atoms with Crippen LogP contribution in [0.4, 0.5) is 0 Å². The molecule has 1 N–H and O–H groups in total. The highest BCUT2D eigenvalue weighted by Gasteiger charge is 2.10. The second kappa shape index (κ2) is 5.77. The summed E-state index contributed by atoms with van der Waals surface area (Å²) in [4.78, 5) is 16.8. The minimum atomic E-state index is 0.596. The number of aromatic nitrogens is 4. The SMILES string of the molecule is COc1cc(C)c(-c2cnc3[nH]c(-c4ccccc4)cc3n2)cn1. The Morgan fingerprint density at radius 3 is 2.58 bits per heavy atom. The summed E-state index contributed by atoms with van der Waals surface area (Å²) in [5.74, 6) is 0.596. The van der Waals surface area contributed by atoms with Gasteiger partial charge in [-0.2, -0.15) is 0 Å². The molecule has 3 heterocycles. The van der Waals surface area contributed by atoms with Gasteiger partial charge in [-0.1, -0.05) is 30.3 Å². The molecule has 3 aromatic heterocycles. The van der Waals surface area contributed by atoms with E-state index in [0.717, 1.165) is 39.2 Å². The lowest BCUT2D eigenvalue weighted by atomic mass is 10.1. The maximum absolute atomic E-state index is 5.16. The minimum absolute atomic E-state index is 0.596. The zero-order chi connectivity index (χ0) is 16.5. The monoisotopic (exact) mass is 316 g/mol. The molecule has 5 nitrogen and oxygen atoms in total. The number of H-pyrrole nitrogens is 1. The molecule has 4 rings (SSSR count). The van der Waals surface area contributed by atoms with Crippen LogP contribution in [-0.4, -0.2) is 27.0 Å². The maximum atomic E-state index is 5.16. The second-order valence-electron chi connectivity index (χ2n) is 5.58. The molecule has 24 heavy (non-hydrogen) atoms. The van der Waals surface area contributed by atoms with Crippen LogP contribution in [0.1, 0.15) is 5.56 Å². The van der Waals surface area contributed by atoms with Crippen molar-refractivity contribution in [2.75, 3.05) is 7.11 Å². The van der Waals surface area contributed by atoms with Gasteiger partial charge in [0.15, 0.2) is 5.65 Å². The molecule has 0 radical (unpaired) electrons. The molecule has 0 aliphatic rings. The number of hydrogen-bond acceptors (Lipinski definition) is 4. The van der Waals surface area contributed by atoms with Crippen molar-refractivity contribution < 1.29 is 4.74 Å². The number of rotatable bonds is 3. The van der Waals surface area contributed by atoms with Gasteiger partial charge >= 0.3 is 0 Å². The van der Waals surface area contributed by atoms with E-state index in [1.54, 1.807) is 19.5 Å². The van der Waals surface area contributed by atoms with Crippen LogP contribution in [0.2, 0.25) is 0 Å². The first-order valence-corrected chi connectivity index (χ1v) is 7.67. The van der Waals surface area contributed by atoms with Crippen molar-refractivity contribution >= 4 is 11.2 Å². The molecule has 0 saturated heterocycles. The summed E-state index contributed by atoms with van der Waals surface area (Å²) in [5, 5.41) is 0. The molecule has 0 amide bonds. The Balaban J connectivity index is 1.79. The average molecular weight is 316 g/mol. The molecule has 0 aliphatic carbocycles. The van der Waals surface area contributed by atoms with Crippen molar-refractivity contribution in [3.8, 4) is 28.4 Å². The van der Waals surface area contributed by atoms with Gasteiger partial charge in [-0.05, 0) is 24.1 Å². The summed E-state index contributed by atoms with van der Waals surface area (Å²) in [6, 6.07) is 14.1. The van der Waals surface area contributed by atoms with Crippen molar-refractivity contribution in [2.24, 2.45) is 0 Å². The average Bonchev–Trinajstić information content (AvgIpc) is 3.05. The van der Waals surface area contributed by atoms with Crippen molar-refractivity contribution in [2.45, 2.75) is 6.92 Å². The lowest BCUT2D eigenvalue weighted by Gasteiger charge is -2.06. The van der Waals surface area contributed by atoms with Crippen molar-refractivity contribution in [1.82, 2.24) is 19.9 Å². The van der Waals surface area contributed by atoms with Crippen LogP contribution >= 0.6 is 0 Å². The first kappa shape index (κ1) is 14.4. The van der Waals surface area contributed by atoms with Gasteiger partial charge in [0.1, 0.15) is 5.52 Å². The zero-order valence-electron chi connectivity index (χ0n) is 13.4. The Morgan fingerprint density at radius 1 is 1.00 bits per heavy atom. The third kappa shape index (κ3) is 2.50. The number of nitrogens with zero attached hydrogens (tertiary/aromatic N) is 3. The molecule has 0 fully saturated rings. The molecule has 0 spiro atoms. The highest BCUT2D eigenvalue weighted by Crippen LogP contribution is 2.26. The summed E-state index contributed by atoms with van der Waals surface area (Å²) in [6.07, 6.45) is 3.54. The Morgan fingerprint density at radius 2 is 1.83 bits per heavy atom. The van der Waals surface area contributed by atoms with E-state index in [0.29, 0.717) is 5.88 Å². The van der Waals surface area contributed by atoms with Crippen LogP contribution < -0.4 is 4.74 Å². The van der Waals surface area contributed by atoms with Gasteiger partial charge in [0.05, 0.1) is 19.0 Å². The second-order valence-corrected chi connectivity index (χ2v) is 5.58. The van der Waals surface area contributed by atoms with E-state index in [4.69, 9.17) is 9.72 Å². The number of pyridine rings is 1. The number of ether oxygens (including phenoxy) is 1. The lowest BCUT2D eigenvalue weighted by Crippen LogP contribution is -1.93. The molecule has 0 aliphatic heterocycles. The third-order valence-corrected chi connectivity index (χ3v) is 3.99. The number of aromatic amines is 1. The molecule has 1 aromatic carbocycles. The van der Waals surface area contributed by atoms with Crippen LogP contribution in [0.15, 0.2) is 54.9 Å². The van der Waals surface area contributed by atoms with E-state index in [2.05, 4.69) is 27.1 Å². The first-order chi connectivity index (χ1) is 11.7. The van der Waals surface area contributed by atoms with E-state index in [1.807, 2.05) is 37.3 Å². The number of nitrogens with one attached hydrogen (secondary N) is 1. The van der Waals surface area contributed by atoms with E-state index < -0.39 is 0 Å². The van der Waals surface area contributed by atoms with Crippen LogP contribution in [-0.2, 0) is 0 Å². The maximum Gasteiger partial charge on any atom is 0.213 e. The number of aryl methyl sites for hydroxylation is 1. The van der Waals surface area contributed by atoms with E-state index in [9.17, 15) is 0 Å². The normalized spacial score (nSPS) is 10.9. The molecule has 4 aromatic rings. The summed E-state index contributed by atoms with van der Waals surface area (Å²) >= 11 is 0. The van der Waals surface area contributed by atoms with Gasteiger partial charge in [0, 0.05) is 23.5 Å². The lowest BCUT2D eigenvalue weighted by molar-refractivity contribution is 0.397. The van der Waals surface area contributed by atoms with Gasteiger partial charge in [0.25, 0.3) is 0 Å². The van der Waals surface area contributed by atoms with Crippen LogP contribution in [0, 0.1) is 6.92 Å². The highest BCUT2D eigenvalue weighted by molar-refractivity contribution is 5.81. The Labute approximate surface area is 139 Å². The Kier molecular flexibility index (Phi) is 3.46. The summed E-state index contributed by atoms with van der Waals surface area (Å²) in [6.45, 7) is 2.01. The largest absolute Gasteiger partial charge is 0.481 e. The fraction of sp³-hybridized carbons (Fsp3) is 0.105. The van der Waals surface area contributed by atoms with E-state index in [-0.39, 0.29) is 0 Å². The quantitative estimate of drug-likeness (QED) is 0.620. The standard InChI is InChI=1S/C19H16N4O/c1-12-8-18(24-2)20-10-14(12)17-11-21-19-16(22-17)9-15(23-19)13-6-4-3-5-7-13/h3-11H,1-2H3,(H,21,23). The zero-order valence-corrected chi connectivity index (χ0v) is 13.4. The van der Waals surface area contributed by atoms with Crippen molar-refractivity contribution in [3.05, 3.63) is 60.4 Å². The smallest absolute Gasteiger partial charge is 0.213 e. The van der Waals surface area contributed by atoms with Gasteiger partial charge in [0.2, 0.25) is 5.88 Å². The summed E-state index contributed by atoms with van der Waals surface area (Å²) in [7, 11) is 1.61. The number of hydrogen-bond donors (Lipinski definition) is 1. The molecule has 0 unspecified atom stereocenters. The van der Waals surface area contributed by atoms with E-state index in [1.165, 1.54) is 0 Å². The molecular weight excluding hydrogens is 300 g/mol. The summed E-state index contributed by atoms with van der Waals surface area (Å²) in [5.41, 5.74) is 6.53. The summed E-state index contributed by atoms with van der Waals surface area (Å²) < 4.78 is 5.16. The molecule has 0 atom stereocenters. The third-order valence-electron chi connectivity index (χ3n) is 3.99. The van der Waals surface area contributed by atoms with Crippen LogP contribution in [0.25, 0.3) is 33.7 Å².